The van der Waals surface area contributed by atoms with Gasteiger partial charge in [0, 0.05) is 5.75 Å². The van der Waals surface area contributed by atoms with Gasteiger partial charge in [0.2, 0.25) is 0 Å². The molecule has 0 amide bonds. The van der Waals surface area contributed by atoms with E-state index < -0.39 is 0 Å². The van der Waals surface area contributed by atoms with Crippen molar-refractivity contribution in [2.45, 2.75) is 62.0 Å². The molecule has 0 unspecified atom stereocenters. The minimum absolute atomic E-state index is 0.997. The molecular formula is C22H27NS2. The third-order valence-electron chi connectivity index (χ3n) is 4.48. The van der Waals surface area contributed by atoms with E-state index in [1.807, 2.05) is 11.8 Å². The van der Waals surface area contributed by atoms with Crippen LogP contribution in [0.1, 0.15) is 56.6 Å². The number of thioether (sulfide) groups is 1. The number of rotatable bonds is 10. The van der Waals surface area contributed by atoms with Gasteiger partial charge in [-0.2, -0.15) is 0 Å². The van der Waals surface area contributed by atoms with Gasteiger partial charge in [0.1, 0.15) is 0 Å². The van der Waals surface area contributed by atoms with Crippen LogP contribution in [0.25, 0.3) is 10.2 Å². The van der Waals surface area contributed by atoms with Gasteiger partial charge >= 0.3 is 0 Å². The molecule has 0 saturated carbocycles. The lowest BCUT2D eigenvalue weighted by atomic mass is 10.0. The van der Waals surface area contributed by atoms with E-state index in [0.717, 1.165) is 15.6 Å². The second-order valence-electron chi connectivity index (χ2n) is 6.57. The molecule has 1 aromatic heterocycles. The number of para-hydroxylation sites is 1. The fourth-order valence-corrected chi connectivity index (χ4v) is 4.99. The maximum absolute atomic E-state index is 4.70. The van der Waals surface area contributed by atoms with Crippen molar-refractivity contribution < 1.29 is 0 Å². The first-order valence-corrected chi connectivity index (χ1v) is 11.2. The van der Waals surface area contributed by atoms with Crippen molar-refractivity contribution in [1.82, 2.24) is 4.98 Å². The van der Waals surface area contributed by atoms with Crippen LogP contribution >= 0.6 is 23.1 Å². The van der Waals surface area contributed by atoms with Gasteiger partial charge in [-0.1, -0.05) is 87.2 Å². The van der Waals surface area contributed by atoms with Gasteiger partial charge in [-0.3, -0.25) is 0 Å². The summed E-state index contributed by atoms with van der Waals surface area (Å²) in [6, 6.07) is 17.6. The summed E-state index contributed by atoms with van der Waals surface area (Å²) in [4.78, 5) is 4.70. The summed E-state index contributed by atoms with van der Waals surface area (Å²) < 4.78 is 2.44. The highest BCUT2D eigenvalue weighted by Crippen LogP contribution is 2.31. The lowest BCUT2D eigenvalue weighted by Gasteiger charge is -2.04. The van der Waals surface area contributed by atoms with Crippen molar-refractivity contribution in [3.05, 3.63) is 59.7 Å². The Bertz CT molecular complexity index is 728. The third kappa shape index (κ3) is 5.86. The summed E-state index contributed by atoms with van der Waals surface area (Å²) in [6.45, 7) is 2.27. The van der Waals surface area contributed by atoms with Crippen LogP contribution in [0, 0.1) is 0 Å². The molecule has 3 aromatic rings. The predicted octanol–water partition coefficient (Wildman–Crippen LogP) is 7.49. The van der Waals surface area contributed by atoms with Crippen molar-refractivity contribution in [3.8, 4) is 0 Å². The van der Waals surface area contributed by atoms with Gasteiger partial charge in [0.05, 0.1) is 10.2 Å². The first-order chi connectivity index (χ1) is 12.3. The Morgan fingerprint density at radius 1 is 0.840 bits per heavy atom. The Balaban J connectivity index is 1.42. The molecule has 1 heterocycles. The number of thiazole rings is 1. The van der Waals surface area contributed by atoms with Crippen LogP contribution in [-0.2, 0) is 12.2 Å². The summed E-state index contributed by atoms with van der Waals surface area (Å²) in [7, 11) is 0. The molecule has 2 aromatic carbocycles. The smallest absolute Gasteiger partial charge is 0.151 e. The van der Waals surface area contributed by atoms with Gasteiger partial charge < -0.3 is 0 Å². The van der Waals surface area contributed by atoms with Crippen LogP contribution in [0.3, 0.4) is 0 Å². The topological polar surface area (TPSA) is 12.9 Å². The van der Waals surface area contributed by atoms with E-state index >= 15 is 0 Å². The first-order valence-electron chi connectivity index (χ1n) is 9.41. The van der Waals surface area contributed by atoms with E-state index in [1.165, 1.54) is 60.8 Å². The number of nitrogens with zero attached hydrogens (tertiary/aromatic N) is 1. The molecule has 0 saturated heterocycles. The van der Waals surface area contributed by atoms with Crippen LogP contribution in [0.4, 0.5) is 0 Å². The second-order valence-corrected chi connectivity index (χ2v) is 8.82. The van der Waals surface area contributed by atoms with E-state index in [-0.39, 0.29) is 0 Å². The van der Waals surface area contributed by atoms with Gasteiger partial charge in [0.15, 0.2) is 4.34 Å². The Hall–Kier alpha value is -1.32. The van der Waals surface area contributed by atoms with E-state index in [1.54, 1.807) is 11.3 Å². The molecule has 0 N–H and O–H groups in total. The monoisotopic (exact) mass is 369 g/mol. The Labute approximate surface area is 159 Å². The lowest BCUT2D eigenvalue weighted by Crippen LogP contribution is -1.88. The highest BCUT2D eigenvalue weighted by molar-refractivity contribution is 8.00. The molecule has 0 aliphatic rings. The number of fused-ring (bicyclic) bond motifs is 1. The Kier molecular flexibility index (Phi) is 7.37. The number of unbranched alkanes of at least 4 members (excludes halogenated alkanes) is 5. The molecule has 3 heteroatoms. The highest BCUT2D eigenvalue weighted by Gasteiger charge is 2.04. The third-order valence-corrected chi connectivity index (χ3v) is 6.73. The van der Waals surface area contributed by atoms with Crippen molar-refractivity contribution in [2.75, 3.05) is 0 Å². The van der Waals surface area contributed by atoms with Gasteiger partial charge in [0.25, 0.3) is 0 Å². The van der Waals surface area contributed by atoms with Crippen molar-refractivity contribution >= 4 is 33.3 Å². The van der Waals surface area contributed by atoms with Crippen molar-refractivity contribution in [1.29, 1.82) is 0 Å². The van der Waals surface area contributed by atoms with Gasteiger partial charge in [-0.15, -0.1) is 11.3 Å². The summed E-state index contributed by atoms with van der Waals surface area (Å²) >= 11 is 3.63. The second kappa shape index (κ2) is 9.98. The molecular weight excluding hydrogens is 342 g/mol. The number of aromatic nitrogens is 1. The molecule has 0 aliphatic heterocycles. The zero-order valence-electron chi connectivity index (χ0n) is 15.0. The summed E-state index contributed by atoms with van der Waals surface area (Å²) in [6.07, 6.45) is 9.43. The predicted molar refractivity (Wildman–Crippen MR) is 113 cm³/mol. The van der Waals surface area contributed by atoms with Crippen molar-refractivity contribution in [2.24, 2.45) is 0 Å². The van der Waals surface area contributed by atoms with E-state index in [2.05, 4.69) is 55.5 Å². The molecule has 1 nitrogen and oxygen atoms in total. The minimum atomic E-state index is 0.997. The molecule has 0 bridgehead atoms. The van der Waals surface area contributed by atoms with Gasteiger partial charge in [-0.25, -0.2) is 4.98 Å². The average Bonchev–Trinajstić information content (AvgIpc) is 3.07. The number of hydrogen-bond acceptors (Lipinski definition) is 3. The molecule has 0 radical (unpaired) electrons. The average molecular weight is 370 g/mol. The van der Waals surface area contributed by atoms with Crippen molar-refractivity contribution in [3.63, 3.8) is 0 Å². The van der Waals surface area contributed by atoms with Crippen LogP contribution in [0.15, 0.2) is 52.9 Å². The minimum Gasteiger partial charge on any atom is -0.230 e. The summed E-state index contributed by atoms with van der Waals surface area (Å²) in [5.74, 6) is 0.997. The molecule has 25 heavy (non-hydrogen) atoms. The molecule has 0 fully saturated rings. The Morgan fingerprint density at radius 2 is 1.56 bits per heavy atom. The van der Waals surface area contributed by atoms with E-state index in [4.69, 9.17) is 4.98 Å². The molecule has 0 aliphatic carbocycles. The van der Waals surface area contributed by atoms with E-state index in [9.17, 15) is 0 Å². The maximum atomic E-state index is 4.70. The lowest BCUT2D eigenvalue weighted by molar-refractivity contribution is 0.607. The quantitative estimate of drug-likeness (QED) is 0.271. The SMILES string of the molecule is CCCCCCCCc1ccc(CSc2nc3ccccc3s2)cc1. The summed E-state index contributed by atoms with van der Waals surface area (Å²) in [5, 5.41) is 0. The maximum Gasteiger partial charge on any atom is 0.151 e. The largest absolute Gasteiger partial charge is 0.230 e. The van der Waals surface area contributed by atoms with Crippen LogP contribution in [-0.4, -0.2) is 4.98 Å². The molecule has 0 spiro atoms. The standard InChI is InChI=1S/C22H27NS2/c1-2-3-4-5-6-7-10-18-13-15-19(16-14-18)17-24-22-23-20-11-8-9-12-21(20)25-22/h8-9,11-16H,2-7,10,17H2,1H3. The number of benzene rings is 2. The first kappa shape index (κ1) is 18.5. The van der Waals surface area contributed by atoms with Crippen LogP contribution < -0.4 is 0 Å². The zero-order valence-corrected chi connectivity index (χ0v) is 16.7. The number of aryl methyl sites for hydroxylation is 1. The fourth-order valence-electron chi connectivity index (χ4n) is 2.97. The fraction of sp³-hybridized carbons (Fsp3) is 0.409. The number of hydrogen-bond donors (Lipinski definition) is 0. The zero-order chi connectivity index (χ0) is 17.3. The van der Waals surface area contributed by atoms with Gasteiger partial charge in [-0.05, 0) is 36.1 Å². The normalized spacial score (nSPS) is 11.2. The molecule has 0 atom stereocenters. The molecule has 132 valence electrons. The van der Waals surface area contributed by atoms with Crippen LogP contribution in [0.5, 0.6) is 0 Å². The molecule has 3 rings (SSSR count). The Morgan fingerprint density at radius 3 is 2.36 bits per heavy atom. The van der Waals surface area contributed by atoms with Crippen LogP contribution in [0.2, 0.25) is 0 Å². The summed E-state index contributed by atoms with van der Waals surface area (Å²) in [5.41, 5.74) is 3.98. The van der Waals surface area contributed by atoms with E-state index in [0.29, 0.717) is 0 Å². The highest BCUT2D eigenvalue weighted by atomic mass is 32.2.